The van der Waals surface area contributed by atoms with Crippen LogP contribution in [0.25, 0.3) is 0 Å². The van der Waals surface area contributed by atoms with Gasteiger partial charge in [0, 0.05) is 18.3 Å². The Hall–Kier alpha value is -2.18. The molecule has 0 fully saturated rings. The van der Waals surface area contributed by atoms with E-state index in [2.05, 4.69) is 24.8 Å². The van der Waals surface area contributed by atoms with Gasteiger partial charge >= 0.3 is 0 Å². The quantitative estimate of drug-likeness (QED) is 0.860. The van der Waals surface area contributed by atoms with Gasteiger partial charge in [-0.05, 0) is 43.7 Å². The molecule has 0 unspecified atom stereocenters. The highest BCUT2D eigenvalue weighted by atomic mass is 35.5. The topological polar surface area (TPSA) is 53.0 Å². The van der Waals surface area contributed by atoms with E-state index in [1.165, 1.54) is 0 Å². The third-order valence-electron chi connectivity index (χ3n) is 3.41. The van der Waals surface area contributed by atoms with E-state index in [0.717, 1.165) is 16.9 Å². The van der Waals surface area contributed by atoms with Gasteiger partial charge in [0.15, 0.2) is 0 Å². The molecule has 0 radical (unpaired) electrons. The lowest BCUT2D eigenvalue weighted by molar-refractivity contribution is 0.683. The van der Waals surface area contributed by atoms with Crippen LogP contribution >= 0.6 is 11.6 Å². The number of hydrogen-bond acceptors (Lipinski definition) is 3. The number of nitrogens with zero attached hydrogens (tertiary/aromatic N) is 2. The van der Waals surface area contributed by atoms with E-state index in [1.807, 2.05) is 30.3 Å². The first-order valence-corrected chi connectivity index (χ1v) is 7.20. The molecule has 0 saturated heterocycles. The van der Waals surface area contributed by atoms with Gasteiger partial charge in [0.2, 0.25) is 0 Å². The van der Waals surface area contributed by atoms with E-state index < -0.39 is 0 Å². The van der Waals surface area contributed by atoms with Crippen LogP contribution in [0.4, 0.5) is 11.4 Å². The zero-order chi connectivity index (χ0) is 15.4. The Labute approximate surface area is 130 Å². The van der Waals surface area contributed by atoms with Crippen LogP contribution in [0.15, 0.2) is 42.5 Å². The van der Waals surface area contributed by atoms with Gasteiger partial charge < -0.3 is 10.6 Å². The zero-order valence-corrected chi connectivity index (χ0v) is 12.9. The van der Waals surface area contributed by atoms with Gasteiger partial charge in [0.05, 0.1) is 22.3 Å². The molecule has 0 heterocycles. The summed E-state index contributed by atoms with van der Waals surface area (Å²) in [5, 5.41) is 9.51. The molecule has 0 saturated carbocycles. The number of nitriles is 1. The average Bonchev–Trinajstić information content (AvgIpc) is 2.46. The lowest BCUT2D eigenvalue weighted by atomic mass is 10.1. The van der Waals surface area contributed by atoms with Crippen LogP contribution in [-0.2, 0) is 6.54 Å². The Bertz CT molecular complexity index is 674. The molecule has 2 rings (SSSR count). The maximum Gasteiger partial charge on any atom is 0.0992 e. The zero-order valence-electron chi connectivity index (χ0n) is 12.2. The molecule has 0 amide bonds. The third kappa shape index (κ3) is 3.48. The summed E-state index contributed by atoms with van der Waals surface area (Å²) in [4.78, 5) is 2.18. The SMILES string of the molecule is CC(C)N(Cc1ccccc1N)c1ccc(C#N)cc1Cl. The van der Waals surface area contributed by atoms with Crippen molar-refractivity contribution in [3.63, 3.8) is 0 Å². The van der Waals surface area contributed by atoms with Gasteiger partial charge in [-0.1, -0.05) is 29.8 Å². The van der Waals surface area contributed by atoms with Crippen molar-refractivity contribution in [2.45, 2.75) is 26.4 Å². The van der Waals surface area contributed by atoms with Crippen molar-refractivity contribution in [2.75, 3.05) is 10.6 Å². The van der Waals surface area contributed by atoms with Crippen molar-refractivity contribution in [1.82, 2.24) is 0 Å². The van der Waals surface area contributed by atoms with Crippen molar-refractivity contribution < 1.29 is 0 Å². The second-order valence-corrected chi connectivity index (χ2v) is 5.61. The highest BCUT2D eigenvalue weighted by molar-refractivity contribution is 6.33. The number of rotatable bonds is 4. The van der Waals surface area contributed by atoms with E-state index in [9.17, 15) is 0 Å². The molecule has 3 nitrogen and oxygen atoms in total. The predicted octanol–water partition coefficient (Wildman–Crippen LogP) is 4.21. The first-order chi connectivity index (χ1) is 10.0. The van der Waals surface area contributed by atoms with E-state index in [4.69, 9.17) is 22.6 Å². The highest BCUT2D eigenvalue weighted by Crippen LogP contribution is 2.30. The fourth-order valence-electron chi connectivity index (χ4n) is 2.22. The number of nitrogen functional groups attached to an aromatic ring is 1. The van der Waals surface area contributed by atoms with Gasteiger partial charge in [-0.2, -0.15) is 5.26 Å². The van der Waals surface area contributed by atoms with Crippen molar-refractivity contribution >= 4 is 23.0 Å². The summed E-state index contributed by atoms with van der Waals surface area (Å²) < 4.78 is 0. The third-order valence-corrected chi connectivity index (χ3v) is 3.71. The Kier molecular flexibility index (Phi) is 4.72. The first kappa shape index (κ1) is 15.2. The molecule has 0 aromatic heterocycles. The van der Waals surface area contributed by atoms with Crippen LogP contribution in [-0.4, -0.2) is 6.04 Å². The summed E-state index contributed by atoms with van der Waals surface area (Å²) in [5.41, 5.74) is 9.33. The Morgan fingerprint density at radius 1 is 1.24 bits per heavy atom. The Morgan fingerprint density at radius 2 is 1.95 bits per heavy atom. The molecule has 0 aliphatic rings. The van der Waals surface area contributed by atoms with Crippen molar-refractivity contribution in [3.05, 3.63) is 58.6 Å². The van der Waals surface area contributed by atoms with Crippen LogP contribution < -0.4 is 10.6 Å². The number of hydrogen-bond donors (Lipinski definition) is 1. The van der Waals surface area contributed by atoms with Gasteiger partial charge in [-0.15, -0.1) is 0 Å². The standard InChI is InChI=1S/C17H18ClN3/c1-12(2)21(11-14-5-3-4-6-16(14)20)17-8-7-13(10-19)9-15(17)18/h3-9,12H,11,20H2,1-2H3. The molecule has 2 N–H and O–H groups in total. The fraction of sp³-hybridized carbons (Fsp3) is 0.235. The molecular weight excluding hydrogens is 282 g/mol. The highest BCUT2D eigenvalue weighted by Gasteiger charge is 2.15. The Morgan fingerprint density at radius 3 is 2.52 bits per heavy atom. The van der Waals surface area contributed by atoms with Gasteiger partial charge in [-0.3, -0.25) is 0 Å². The monoisotopic (exact) mass is 299 g/mol. The minimum atomic E-state index is 0.259. The predicted molar refractivity (Wildman–Crippen MR) is 88.3 cm³/mol. The molecule has 0 bridgehead atoms. The number of nitrogens with two attached hydrogens (primary N) is 1. The summed E-state index contributed by atoms with van der Waals surface area (Å²) in [6, 6.07) is 15.5. The molecule has 108 valence electrons. The molecule has 4 heteroatoms. The van der Waals surface area contributed by atoms with Crippen LogP contribution in [0.2, 0.25) is 5.02 Å². The maximum absolute atomic E-state index is 8.93. The lowest BCUT2D eigenvalue weighted by Gasteiger charge is -2.30. The lowest BCUT2D eigenvalue weighted by Crippen LogP contribution is -2.30. The van der Waals surface area contributed by atoms with E-state index in [0.29, 0.717) is 17.1 Å². The molecule has 0 spiro atoms. The van der Waals surface area contributed by atoms with Crippen LogP contribution in [0.1, 0.15) is 25.0 Å². The summed E-state index contributed by atoms with van der Waals surface area (Å²) in [6.07, 6.45) is 0. The van der Waals surface area contributed by atoms with Crippen molar-refractivity contribution in [2.24, 2.45) is 0 Å². The molecule has 2 aromatic rings. The fourth-order valence-corrected chi connectivity index (χ4v) is 2.51. The van der Waals surface area contributed by atoms with E-state index in [-0.39, 0.29) is 6.04 Å². The normalized spacial score (nSPS) is 10.4. The first-order valence-electron chi connectivity index (χ1n) is 6.82. The van der Waals surface area contributed by atoms with Gasteiger partial charge in [0.1, 0.15) is 0 Å². The van der Waals surface area contributed by atoms with Crippen molar-refractivity contribution in [3.8, 4) is 6.07 Å². The number of benzene rings is 2. The number of para-hydroxylation sites is 1. The van der Waals surface area contributed by atoms with Gasteiger partial charge in [-0.25, -0.2) is 0 Å². The molecule has 0 atom stereocenters. The summed E-state index contributed by atoms with van der Waals surface area (Å²) in [6.45, 7) is 4.89. The van der Waals surface area contributed by atoms with Crippen LogP contribution in [0.5, 0.6) is 0 Å². The molecular formula is C17H18ClN3. The van der Waals surface area contributed by atoms with Crippen LogP contribution in [0, 0.1) is 11.3 Å². The molecule has 21 heavy (non-hydrogen) atoms. The molecule has 2 aromatic carbocycles. The van der Waals surface area contributed by atoms with Gasteiger partial charge in [0.25, 0.3) is 0 Å². The summed E-state index contributed by atoms with van der Waals surface area (Å²) in [5.74, 6) is 0. The van der Waals surface area contributed by atoms with E-state index in [1.54, 1.807) is 12.1 Å². The van der Waals surface area contributed by atoms with E-state index >= 15 is 0 Å². The average molecular weight is 300 g/mol. The second-order valence-electron chi connectivity index (χ2n) is 5.20. The largest absolute Gasteiger partial charge is 0.398 e. The van der Waals surface area contributed by atoms with Crippen LogP contribution in [0.3, 0.4) is 0 Å². The summed E-state index contributed by atoms with van der Waals surface area (Å²) >= 11 is 6.33. The maximum atomic E-state index is 8.93. The molecule has 0 aliphatic carbocycles. The second kappa shape index (κ2) is 6.51. The van der Waals surface area contributed by atoms with Crippen molar-refractivity contribution in [1.29, 1.82) is 5.26 Å². The minimum absolute atomic E-state index is 0.259. The summed E-state index contributed by atoms with van der Waals surface area (Å²) in [7, 11) is 0. The number of halogens is 1. The number of anilines is 2. The molecule has 0 aliphatic heterocycles. The minimum Gasteiger partial charge on any atom is -0.398 e. The smallest absolute Gasteiger partial charge is 0.0992 e. The Balaban J connectivity index is 2.36.